The first-order valence-corrected chi connectivity index (χ1v) is 6.43. The molecule has 0 aliphatic carbocycles. The summed E-state index contributed by atoms with van der Waals surface area (Å²) in [6.07, 6.45) is 1.56. The van der Waals surface area contributed by atoms with Gasteiger partial charge in [-0.15, -0.1) is 5.10 Å². The highest BCUT2D eigenvalue weighted by atomic mass is 32.1. The number of hydrogen-bond acceptors (Lipinski definition) is 6. The highest BCUT2D eigenvalue weighted by molar-refractivity contribution is 7.03. The summed E-state index contributed by atoms with van der Waals surface area (Å²) in [4.78, 5) is 15.9. The third-order valence-corrected chi connectivity index (χ3v) is 3.07. The van der Waals surface area contributed by atoms with Gasteiger partial charge in [-0.05, 0) is 36.7 Å². The fourth-order valence-electron chi connectivity index (χ4n) is 1.69. The van der Waals surface area contributed by atoms with Crippen LogP contribution in [0.4, 0.5) is 0 Å². The molecule has 19 heavy (non-hydrogen) atoms. The Hall–Kier alpha value is -2.34. The average Bonchev–Trinajstić information content (AvgIpc) is 3.01. The molecule has 1 aromatic carbocycles. The molecule has 1 aliphatic heterocycles. The second-order valence-corrected chi connectivity index (χ2v) is 4.65. The van der Waals surface area contributed by atoms with Gasteiger partial charge >= 0.3 is 5.97 Å². The second kappa shape index (κ2) is 4.74. The predicted octanol–water partition coefficient (Wildman–Crippen LogP) is 2.19. The van der Waals surface area contributed by atoms with Gasteiger partial charge in [-0.3, -0.25) is 0 Å². The minimum absolute atomic E-state index is 0.240. The third-order valence-electron chi connectivity index (χ3n) is 2.55. The monoisotopic (exact) mass is 271 g/mol. The van der Waals surface area contributed by atoms with Crippen molar-refractivity contribution in [3.05, 3.63) is 52.2 Å². The molecule has 3 rings (SSSR count). The maximum atomic E-state index is 11.7. The first-order valence-electron chi connectivity index (χ1n) is 5.59. The van der Waals surface area contributed by atoms with E-state index in [0.29, 0.717) is 11.6 Å². The van der Waals surface area contributed by atoms with Crippen molar-refractivity contribution in [1.82, 2.24) is 9.59 Å². The Labute approximate surface area is 113 Å². The summed E-state index contributed by atoms with van der Waals surface area (Å²) in [5, 5.41) is 5.58. The normalized spacial score (nSPS) is 16.6. The number of carbonyl (C=O) groups excluding carboxylic acids is 1. The van der Waals surface area contributed by atoms with Crippen molar-refractivity contribution in [2.45, 2.75) is 6.92 Å². The van der Waals surface area contributed by atoms with Gasteiger partial charge in [0, 0.05) is 10.9 Å². The van der Waals surface area contributed by atoms with Crippen LogP contribution in [0.1, 0.15) is 16.8 Å². The summed E-state index contributed by atoms with van der Waals surface area (Å²) in [6, 6.07) is 7.64. The Kier molecular flexibility index (Phi) is 2.92. The van der Waals surface area contributed by atoms with Crippen molar-refractivity contribution in [1.29, 1.82) is 0 Å². The zero-order valence-corrected chi connectivity index (χ0v) is 10.8. The molecule has 5 nitrogen and oxygen atoms in total. The lowest BCUT2D eigenvalue weighted by molar-refractivity contribution is -0.129. The molecular formula is C13H9N3O2S. The van der Waals surface area contributed by atoms with Gasteiger partial charge in [-0.1, -0.05) is 22.2 Å². The van der Waals surface area contributed by atoms with E-state index in [4.69, 9.17) is 4.74 Å². The van der Waals surface area contributed by atoms with Crippen LogP contribution >= 0.6 is 11.5 Å². The molecule has 2 heterocycles. The van der Waals surface area contributed by atoms with E-state index < -0.39 is 5.97 Å². The number of aliphatic imine (C=N–C) groups is 1. The van der Waals surface area contributed by atoms with Gasteiger partial charge in [-0.25, -0.2) is 9.79 Å². The van der Waals surface area contributed by atoms with E-state index in [1.54, 1.807) is 11.5 Å². The molecule has 0 unspecified atom stereocenters. The van der Waals surface area contributed by atoms with Crippen molar-refractivity contribution < 1.29 is 9.53 Å². The molecule has 0 fully saturated rings. The molecule has 1 aliphatic rings. The number of rotatable bonds is 2. The molecule has 0 spiro atoms. The summed E-state index contributed by atoms with van der Waals surface area (Å²) >= 11 is 1.22. The number of ether oxygens (including phenoxy) is 1. The number of carbonyl (C=O) groups is 1. The van der Waals surface area contributed by atoms with E-state index in [1.165, 1.54) is 11.5 Å². The molecule has 1 aromatic heterocycles. The van der Waals surface area contributed by atoms with E-state index in [2.05, 4.69) is 14.6 Å². The Bertz CT molecular complexity index is 690. The highest BCUT2D eigenvalue weighted by Crippen LogP contribution is 2.19. The Morgan fingerprint density at radius 2 is 2.26 bits per heavy atom. The number of benzene rings is 1. The smallest absolute Gasteiger partial charge is 0.363 e. The maximum absolute atomic E-state index is 11.7. The molecule has 2 aromatic rings. The SMILES string of the molecule is Cc1cccc(C2=N/C(=C/c3csnn3)C(=O)O2)c1. The van der Waals surface area contributed by atoms with Gasteiger partial charge in [0.25, 0.3) is 0 Å². The first-order chi connectivity index (χ1) is 9.22. The lowest BCUT2D eigenvalue weighted by Gasteiger charge is -1.99. The lowest BCUT2D eigenvalue weighted by Crippen LogP contribution is -2.05. The largest absolute Gasteiger partial charge is 0.402 e. The maximum Gasteiger partial charge on any atom is 0.363 e. The zero-order valence-electron chi connectivity index (χ0n) is 10.0. The van der Waals surface area contributed by atoms with Crippen molar-refractivity contribution in [2.24, 2.45) is 4.99 Å². The second-order valence-electron chi connectivity index (χ2n) is 4.04. The fourth-order valence-corrected chi connectivity index (χ4v) is 2.10. The summed E-state index contributed by atoms with van der Waals surface area (Å²) in [5.74, 6) is -0.146. The molecule has 94 valence electrons. The van der Waals surface area contributed by atoms with Gasteiger partial charge in [0.15, 0.2) is 5.70 Å². The van der Waals surface area contributed by atoms with E-state index >= 15 is 0 Å². The van der Waals surface area contributed by atoms with Crippen molar-refractivity contribution in [3.63, 3.8) is 0 Å². The quantitative estimate of drug-likeness (QED) is 0.620. The van der Waals surface area contributed by atoms with Crippen LogP contribution in [0.5, 0.6) is 0 Å². The van der Waals surface area contributed by atoms with Crippen molar-refractivity contribution in [3.8, 4) is 0 Å². The molecular weight excluding hydrogens is 262 g/mol. The first kappa shape index (κ1) is 11.7. The Balaban J connectivity index is 1.95. The fraction of sp³-hybridized carbons (Fsp3) is 0.0769. The molecule has 0 N–H and O–H groups in total. The summed E-state index contributed by atoms with van der Waals surface area (Å²) in [6.45, 7) is 1.97. The summed E-state index contributed by atoms with van der Waals surface area (Å²) in [5.41, 5.74) is 2.71. The van der Waals surface area contributed by atoms with Gasteiger partial charge in [-0.2, -0.15) is 0 Å². The minimum atomic E-state index is -0.468. The molecule has 6 heteroatoms. The topological polar surface area (TPSA) is 64.4 Å². The van der Waals surface area contributed by atoms with Crippen LogP contribution in [0, 0.1) is 6.92 Å². The van der Waals surface area contributed by atoms with Crippen molar-refractivity contribution >= 4 is 29.5 Å². The van der Waals surface area contributed by atoms with Crippen LogP contribution in [-0.2, 0) is 9.53 Å². The number of aromatic nitrogens is 2. The minimum Gasteiger partial charge on any atom is -0.402 e. The van der Waals surface area contributed by atoms with Gasteiger partial charge < -0.3 is 4.74 Å². The molecule has 0 bridgehead atoms. The van der Waals surface area contributed by atoms with Gasteiger partial charge in [0.2, 0.25) is 5.90 Å². The number of aryl methyl sites for hydroxylation is 1. The van der Waals surface area contributed by atoms with Crippen LogP contribution < -0.4 is 0 Å². The molecule has 0 radical (unpaired) electrons. The van der Waals surface area contributed by atoms with Crippen molar-refractivity contribution in [2.75, 3.05) is 0 Å². The summed E-state index contributed by atoms with van der Waals surface area (Å²) in [7, 11) is 0. The number of esters is 1. The lowest BCUT2D eigenvalue weighted by atomic mass is 10.1. The van der Waals surface area contributed by atoms with E-state index in [1.807, 2.05) is 31.2 Å². The predicted molar refractivity (Wildman–Crippen MR) is 71.7 cm³/mol. The average molecular weight is 271 g/mol. The number of nitrogens with zero attached hydrogens (tertiary/aromatic N) is 3. The van der Waals surface area contributed by atoms with E-state index in [-0.39, 0.29) is 5.70 Å². The van der Waals surface area contributed by atoms with E-state index in [9.17, 15) is 4.79 Å². The molecule has 0 atom stereocenters. The molecule has 0 saturated heterocycles. The summed E-state index contributed by atoms with van der Waals surface area (Å²) < 4.78 is 8.89. The Morgan fingerprint density at radius 1 is 1.37 bits per heavy atom. The zero-order chi connectivity index (χ0) is 13.2. The standard InChI is InChI=1S/C13H9N3O2S/c1-8-3-2-4-9(5-8)12-14-11(13(17)18-12)6-10-7-19-16-15-10/h2-7H,1H3/b11-6+. The van der Waals surface area contributed by atoms with Crippen LogP contribution in [0.2, 0.25) is 0 Å². The highest BCUT2D eigenvalue weighted by Gasteiger charge is 2.24. The van der Waals surface area contributed by atoms with E-state index in [0.717, 1.165) is 11.1 Å². The third kappa shape index (κ3) is 2.43. The van der Waals surface area contributed by atoms with Gasteiger partial charge in [0.1, 0.15) is 5.69 Å². The number of cyclic esters (lactones) is 1. The number of hydrogen-bond donors (Lipinski definition) is 0. The molecule has 0 amide bonds. The van der Waals surface area contributed by atoms with Crippen LogP contribution in [0.25, 0.3) is 6.08 Å². The molecule has 0 saturated carbocycles. The van der Waals surface area contributed by atoms with Crippen LogP contribution in [-0.4, -0.2) is 21.5 Å². The van der Waals surface area contributed by atoms with Crippen LogP contribution in [0.15, 0.2) is 40.3 Å². The van der Waals surface area contributed by atoms with Gasteiger partial charge in [0.05, 0.1) is 0 Å². The van der Waals surface area contributed by atoms with Crippen LogP contribution in [0.3, 0.4) is 0 Å². The Morgan fingerprint density at radius 3 is 3.00 bits per heavy atom.